The molecule has 0 aliphatic heterocycles. The molecule has 0 saturated heterocycles. The molecule has 0 atom stereocenters. The van der Waals surface area contributed by atoms with E-state index in [1.807, 2.05) is 13.8 Å². The van der Waals surface area contributed by atoms with Gasteiger partial charge in [-0.3, -0.25) is 14.2 Å². The number of pyridine rings is 1. The number of ether oxygens (including phenoxy) is 1. The molecule has 0 spiro atoms. The van der Waals surface area contributed by atoms with Gasteiger partial charge in [-0.25, -0.2) is 14.3 Å². The van der Waals surface area contributed by atoms with Gasteiger partial charge in [0.2, 0.25) is 5.91 Å². The zero-order valence-corrected chi connectivity index (χ0v) is 13.7. The van der Waals surface area contributed by atoms with E-state index in [1.54, 1.807) is 6.20 Å². The van der Waals surface area contributed by atoms with Crippen LogP contribution in [-0.4, -0.2) is 33.7 Å². The summed E-state index contributed by atoms with van der Waals surface area (Å²) < 4.78 is 7.78. The van der Waals surface area contributed by atoms with Crippen molar-refractivity contribution in [1.82, 2.24) is 19.4 Å². The highest BCUT2D eigenvalue weighted by molar-refractivity contribution is 5.83. The van der Waals surface area contributed by atoms with Crippen molar-refractivity contribution >= 4 is 16.9 Å². The van der Waals surface area contributed by atoms with Crippen LogP contribution in [0, 0.1) is 0 Å². The SMILES string of the molecule is CCOc1c(CC)cnc2c1c(=O)n(CC(=O)NC)c(=O)n2C. The summed E-state index contributed by atoms with van der Waals surface area (Å²) in [4.78, 5) is 40.9. The normalized spacial score (nSPS) is 10.8. The molecule has 2 rings (SSSR count). The number of fused-ring (bicyclic) bond motifs is 1. The van der Waals surface area contributed by atoms with Crippen LogP contribution >= 0.6 is 0 Å². The van der Waals surface area contributed by atoms with Gasteiger partial charge < -0.3 is 10.1 Å². The maximum Gasteiger partial charge on any atom is 0.332 e. The number of nitrogens with zero attached hydrogens (tertiary/aromatic N) is 3. The van der Waals surface area contributed by atoms with E-state index in [0.29, 0.717) is 18.8 Å². The minimum Gasteiger partial charge on any atom is -0.493 e. The Morgan fingerprint density at radius 1 is 1.35 bits per heavy atom. The van der Waals surface area contributed by atoms with Crippen molar-refractivity contribution in [2.45, 2.75) is 26.8 Å². The highest BCUT2D eigenvalue weighted by atomic mass is 16.5. The molecule has 0 fully saturated rings. The van der Waals surface area contributed by atoms with Crippen molar-refractivity contribution in [3.63, 3.8) is 0 Å². The molecule has 8 heteroatoms. The van der Waals surface area contributed by atoms with Gasteiger partial charge >= 0.3 is 5.69 Å². The van der Waals surface area contributed by atoms with Crippen molar-refractivity contribution in [2.24, 2.45) is 7.05 Å². The Bertz CT molecular complexity index is 866. The number of rotatable bonds is 5. The maximum atomic E-state index is 12.8. The van der Waals surface area contributed by atoms with E-state index in [0.717, 1.165) is 10.1 Å². The van der Waals surface area contributed by atoms with E-state index >= 15 is 0 Å². The fraction of sp³-hybridized carbons (Fsp3) is 0.467. The lowest BCUT2D eigenvalue weighted by Gasteiger charge is -2.15. The molecule has 2 aromatic rings. The molecule has 8 nitrogen and oxygen atoms in total. The summed E-state index contributed by atoms with van der Waals surface area (Å²) in [7, 11) is 2.96. The zero-order chi connectivity index (χ0) is 17.1. The molecule has 0 unspecified atom stereocenters. The fourth-order valence-electron chi connectivity index (χ4n) is 2.39. The number of carbonyl (C=O) groups excluding carboxylic acids is 1. The van der Waals surface area contributed by atoms with E-state index in [9.17, 15) is 14.4 Å². The van der Waals surface area contributed by atoms with Gasteiger partial charge in [0.05, 0.1) is 6.61 Å². The Balaban J connectivity index is 2.91. The van der Waals surface area contributed by atoms with Gasteiger partial charge in [0.15, 0.2) is 5.65 Å². The molecule has 124 valence electrons. The summed E-state index contributed by atoms with van der Waals surface area (Å²) in [5.74, 6) is -0.00706. The summed E-state index contributed by atoms with van der Waals surface area (Å²) in [5, 5.41) is 2.62. The second-order valence-electron chi connectivity index (χ2n) is 5.00. The third-order valence-corrected chi connectivity index (χ3v) is 3.63. The second-order valence-corrected chi connectivity index (χ2v) is 5.00. The highest BCUT2D eigenvalue weighted by Crippen LogP contribution is 2.25. The number of hydrogen-bond donors (Lipinski definition) is 1. The lowest BCUT2D eigenvalue weighted by Crippen LogP contribution is -2.43. The summed E-state index contributed by atoms with van der Waals surface area (Å²) >= 11 is 0. The van der Waals surface area contributed by atoms with Crippen LogP contribution in [-0.2, 0) is 24.8 Å². The largest absolute Gasteiger partial charge is 0.493 e. The Labute approximate surface area is 132 Å². The smallest absolute Gasteiger partial charge is 0.332 e. The molecule has 0 saturated carbocycles. The molecule has 2 heterocycles. The van der Waals surface area contributed by atoms with Crippen LogP contribution in [0.2, 0.25) is 0 Å². The molecule has 0 aliphatic rings. The number of amides is 1. The highest BCUT2D eigenvalue weighted by Gasteiger charge is 2.19. The van der Waals surface area contributed by atoms with Crippen LogP contribution in [0.1, 0.15) is 19.4 Å². The lowest BCUT2D eigenvalue weighted by atomic mass is 10.1. The van der Waals surface area contributed by atoms with E-state index in [-0.39, 0.29) is 17.6 Å². The third kappa shape index (κ3) is 2.84. The molecule has 23 heavy (non-hydrogen) atoms. The molecular formula is C15H20N4O4. The van der Waals surface area contributed by atoms with Crippen molar-refractivity contribution < 1.29 is 9.53 Å². The predicted octanol–water partition coefficient (Wildman–Crippen LogP) is -0.198. The third-order valence-electron chi connectivity index (χ3n) is 3.63. The van der Waals surface area contributed by atoms with Gasteiger partial charge in [-0.05, 0) is 13.3 Å². The van der Waals surface area contributed by atoms with Gasteiger partial charge in [-0.1, -0.05) is 6.92 Å². The van der Waals surface area contributed by atoms with Gasteiger partial charge in [0, 0.05) is 25.9 Å². The standard InChI is InChI=1S/C15H20N4O4/c1-5-9-7-17-13-11(12(9)23-6-2)14(21)19(8-10(20)16-3)15(22)18(13)4/h7H,5-6,8H2,1-4H3,(H,16,20). The molecule has 0 radical (unpaired) electrons. The molecule has 1 amide bonds. The first kappa shape index (κ1) is 16.7. The van der Waals surface area contributed by atoms with Crippen molar-refractivity contribution in [2.75, 3.05) is 13.7 Å². The molecule has 0 aromatic carbocycles. The van der Waals surface area contributed by atoms with Crippen LogP contribution in [0.3, 0.4) is 0 Å². The number of aromatic nitrogens is 3. The summed E-state index contributed by atoms with van der Waals surface area (Å²) in [6.07, 6.45) is 2.24. The van der Waals surface area contributed by atoms with Crippen LogP contribution in [0.15, 0.2) is 15.8 Å². The maximum absolute atomic E-state index is 12.8. The van der Waals surface area contributed by atoms with E-state index < -0.39 is 17.2 Å². The van der Waals surface area contributed by atoms with Crippen LogP contribution < -0.4 is 21.3 Å². The van der Waals surface area contributed by atoms with E-state index in [2.05, 4.69) is 10.3 Å². The Hall–Kier alpha value is -2.64. The van der Waals surface area contributed by atoms with Gasteiger partial charge in [-0.2, -0.15) is 0 Å². The number of aryl methyl sites for hydroxylation is 2. The molecule has 0 bridgehead atoms. The van der Waals surface area contributed by atoms with Crippen LogP contribution in [0.4, 0.5) is 0 Å². The number of nitrogens with one attached hydrogen (secondary N) is 1. The molecular weight excluding hydrogens is 300 g/mol. The van der Waals surface area contributed by atoms with Crippen molar-refractivity contribution in [3.8, 4) is 5.75 Å². The Morgan fingerprint density at radius 3 is 2.61 bits per heavy atom. The first-order chi connectivity index (χ1) is 11.0. The quantitative estimate of drug-likeness (QED) is 0.823. The number of hydrogen-bond acceptors (Lipinski definition) is 5. The van der Waals surface area contributed by atoms with Crippen LogP contribution in [0.5, 0.6) is 5.75 Å². The lowest BCUT2D eigenvalue weighted by molar-refractivity contribution is -0.121. The van der Waals surface area contributed by atoms with Gasteiger partial charge in [-0.15, -0.1) is 0 Å². The fourth-order valence-corrected chi connectivity index (χ4v) is 2.39. The minimum absolute atomic E-state index is 0.220. The van der Waals surface area contributed by atoms with Gasteiger partial charge in [0.25, 0.3) is 5.56 Å². The minimum atomic E-state index is -0.592. The van der Waals surface area contributed by atoms with E-state index in [4.69, 9.17) is 4.74 Å². The first-order valence-corrected chi connectivity index (χ1v) is 7.40. The second kappa shape index (κ2) is 6.64. The molecule has 0 aliphatic carbocycles. The predicted molar refractivity (Wildman–Crippen MR) is 85.9 cm³/mol. The Morgan fingerprint density at radius 2 is 2.04 bits per heavy atom. The summed E-state index contributed by atoms with van der Waals surface area (Å²) in [6, 6.07) is 0. The Kier molecular flexibility index (Phi) is 4.83. The summed E-state index contributed by atoms with van der Waals surface area (Å²) in [6.45, 7) is 3.77. The zero-order valence-electron chi connectivity index (χ0n) is 13.7. The number of carbonyl (C=O) groups is 1. The topological polar surface area (TPSA) is 95.2 Å². The van der Waals surface area contributed by atoms with E-state index in [1.165, 1.54) is 18.7 Å². The van der Waals surface area contributed by atoms with Gasteiger partial charge in [0.1, 0.15) is 17.7 Å². The first-order valence-electron chi connectivity index (χ1n) is 7.40. The average molecular weight is 320 g/mol. The van der Waals surface area contributed by atoms with Crippen molar-refractivity contribution in [1.29, 1.82) is 0 Å². The summed E-state index contributed by atoms with van der Waals surface area (Å²) in [5.41, 5.74) is -0.140. The molecule has 2 aromatic heterocycles. The van der Waals surface area contributed by atoms with Crippen molar-refractivity contribution in [3.05, 3.63) is 32.6 Å². The molecule has 1 N–H and O–H groups in total. The monoisotopic (exact) mass is 320 g/mol. The average Bonchev–Trinajstić information content (AvgIpc) is 2.56. The number of likely N-dealkylation sites (N-methyl/N-ethyl adjacent to an activating group) is 1. The van der Waals surface area contributed by atoms with Crippen LogP contribution in [0.25, 0.3) is 11.0 Å².